The van der Waals surface area contributed by atoms with Gasteiger partial charge in [0.1, 0.15) is 0 Å². The quantitative estimate of drug-likeness (QED) is 0.141. The number of aromatic nitrogens is 3. The largest absolute Gasteiger partial charge is 0.311 e. The van der Waals surface area contributed by atoms with Crippen LogP contribution in [0.25, 0.3) is 116 Å². The first-order valence-corrected chi connectivity index (χ1v) is 37.1. The molecule has 0 spiro atoms. The molecule has 5 heterocycles. The van der Waals surface area contributed by atoms with Gasteiger partial charge in [-0.05, 0) is 198 Å². The lowest BCUT2D eigenvalue weighted by molar-refractivity contribution is 0.590. The van der Waals surface area contributed by atoms with E-state index < -0.39 is 48.4 Å². The summed E-state index contributed by atoms with van der Waals surface area (Å²) in [5, 5.41) is 4.56. The molecule has 514 valence electrons. The van der Waals surface area contributed by atoms with E-state index in [4.69, 9.17) is 2.74 Å². The number of hydrogen-bond acceptors (Lipinski definition) is 2. The van der Waals surface area contributed by atoms with Gasteiger partial charge in [-0.15, -0.1) is 0 Å². The predicted molar refractivity (Wildman–Crippen MR) is 455 cm³/mol. The summed E-state index contributed by atoms with van der Waals surface area (Å²) in [6, 6.07) is 90.1. The van der Waals surface area contributed by atoms with Crippen LogP contribution in [0, 0.1) is 0 Å². The van der Waals surface area contributed by atoms with E-state index in [0.29, 0.717) is 5.69 Å². The second-order valence-electron chi connectivity index (χ2n) is 33.2. The zero-order valence-corrected chi connectivity index (χ0v) is 62.1. The summed E-state index contributed by atoms with van der Waals surface area (Å²) in [7, 11) is 0. The Morgan fingerprint density at radius 2 is 0.698 bits per heavy atom. The van der Waals surface area contributed by atoms with Crippen molar-refractivity contribution in [2.24, 2.45) is 0 Å². The highest BCUT2D eigenvalue weighted by Gasteiger charge is 2.46. The number of benzene rings is 14. The molecule has 17 aromatic rings. The SMILES string of the molecule is [2H]c1c([2H])c([2H])c2c(c1[2H])c1c([2H])c([2H])c([2H])c([2H])c1n2-c1ccc2c(c1)N(c1c(-c3ccccc3)cc(C(C)(C)C)cc1-c1ccccc1)c1cc(C(C)(C)C)cc3c1B2c1ccc(-n2c4ccc(C(C)(C)C)cc4c4cc(C(C)(C)C)ccc42)cc1N3c1cc(-c2ccccc2)cc2c1c1ccccc1n2-c1ccccc1. The van der Waals surface area contributed by atoms with Crippen LogP contribution >= 0.6 is 0 Å². The van der Waals surface area contributed by atoms with E-state index in [2.05, 4.69) is 351 Å². The Balaban J connectivity index is 1.02. The maximum absolute atomic E-state index is 9.90. The number of rotatable bonds is 8. The molecule has 0 bridgehead atoms. The molecule has 0 saturated carbocycles. The van der Waals surface area contributed by atoms with Crippen molar-refractivity contribution in [1.29, 1.82) is 0 Å². The van der Waals surface area contributed by atoms with E-state index in [1.54, 1.807) is 4.57 Å². The van der Waals surface area contributed by atoms with Gasteiger partial charge < -0.3 is 23.5 Å². The third kappa shape index (κ3) is 10.3. The topological polar surface area (TPSA) is 21.3 Å². The molecule has 0 atom stereocenters. The minimum atomic E-state index is -0.508. The lowest BCUT2D eigenvalue weighted by atomic mass is 9.33. The van der Waals surface area contributed by atoms with Crippen molar-refractivity contribution in [3.05, 3.63) is 325 Å². The zero-order valence-electron chi connectivity index (χ0n) is 70.1. The number of fused-ring (bicyclic) bond motifs is 13. The van der Waals surface area contributed by atoms with Gasteiger partial charge in [-0.1, -0.05) is 271 Å². The molecular weight excluding hydrogens is 1280 g/mol. The second-order valence-corrected chi connectivity index (χ2v) is 33.2. The smallest absolute Gasteiger partial charge is 0.252 e. The van der Waals surface area contributed by atoms with Crippen molar-refractivity contribution in [1.82, 2.24) is 13.7 Å². The maximum Gasteiger partial charge on any atom is 0.252 e. The highest BCUT2D eigenvalue weighted by Crippen LogP contribution is 2.55. The van der Waals surface area contributed by atoms with E-state index >= 15 is 0 Å². The van der Waals surface area contributed by atoms with E-state index in [1.807, 2.05) is 6.07 Å². The van der Waals surface area contributed by atoms with Gasteiger partial charge >= 0.3 is 0 Å². The molecule has 0 fully saturated rings. The summed E-state index contributed by atoms with van der Waals surface area (Å²) in [4.78, 5) is 5.09. The minimum absolute atomic E-state index is 0.0138. The lowest BCUT2D eigenvalue weighted by Gasteiger charge is -2.46. The highest BCUT2D eigenvalue weighted by atomic mass is 15.2. The summed E-state index contributed by atoms with van der Waals surface area (Å²) in [6.45, 7) is 26.9. The van der Waals surface area contributed by atoms with E-state index in [0.717, 1.165) is 139 Å². The van der Waals surface area contributed by atoms with Crippen LogP contribution in [0.5, 0.6) is 0 Å². The van der Waals surface area contributed by atoms with E-state index in [1.165, 1.54) is 21.9 Å². The van der Waals surface area contributed by atoms with Gasteiger partial charge in [0, 0.05) is 83.3 Å². The molecule has 106 heavy (non-hydrogen) atoms. The molecule has 5 nitrogen and oxygen atoms in total. The monoisotopic (exact) mass is 1380 g/mol. The van der Waals surface area contributed by atoms with Crippen molar-refractivity contribution in [3.8, 4) is 50.4 Å². The molecule has 6 heteroatoms. The second kappa shape index (κ2) is 23.8. The molecule has 0 radical (unpaired) electrons. The number of para-hydroxylation sites is 4. The van der Waals surface area contributed by atoms with Crippen molar-refractivity contribution >= 4 is 123 Å². The van der Waals surface area contributed by atoms with Gasteiger partial charge in [-0.3, -0.25) is 0 Å². The first kappa shape index (κ1) is 56.6. The summed E-state index contributed by atoms with van der Waals surface area (Å²) in [5.41, 5.74) is 25.1. The molecule has 2 aliphatic rings. The van der Waals surface area contributed by atoms with Crippen LogP contribution in [0.15, 0.2) is 303 Å². The average molecular weight is 1380 g/mol. The zero-order chi connectivity index (χ0) is 79.4. The van der Waals surface area contributed by atoms with Gasteiger partial charge in [-0.2, -0.15) is 0 Å². The van der Waals surface area contributed by atoms with Crippen molar-refractivity contribution in [2.75, 3.05) is 9.80 Å². The predicted octanol–water partition coefficient (Wildman–Crippen LogP) is 25.3. The maximum atomic E-state index is 9.90. The first-order chi connectivity index (χ1) is 54.5. The average Bonchev–Trinajstić information content (AvgIpc) is 0.986. The Kier molecular flexibility index (Phi) is 12.7. The third-order valence-electron chi connectivity index (χ3n) is 22.4. The molecule has 14 aromatic carbocycles. The van der Waals surface area contributed by atoms with Crippen LogP contribution in [-0.2, 0) is 21.7 Å². The van der Waals surface area contributed by atoms with Crippen molar-refractivity contribution in [2.45, 2.75) is 105 Å². The molecule has 0 saturated heterocycles. The van der Waals surface area contributed by atoms with Gasteiger partial charge in [0.25, 0.3) is 6.71 Å². The lowest BCUT2D eigenvalue weighted by Crippen LogP contribution is -2.61. The Morgan fingerprint density at radius 1 is 0.274 bits per heavy atom. The first-order valence-electron chi connectivity index (χ1n) is 41.1. The Labute approximate surface area is 634 Å². The van der Waals surface area contributed by atoms with Crippen LogP contribution < -0.4 is 26.2 Å². The normalized spacial score (nSPS) is 14.3. The summed E-state index contributed by atoms with van der Waals surface area (Å²) in [5.74, 6) is 0. The van der Waals surface area contributed by atoms with Crippen molar-refractivity contribution in [3.63, 3.8) is 0 Å². The summed E-state index contributed by atoms with van der Waals surface area (Å²) < 4.78 is 82.5. The fourth-order valence-corrected chi connectivity index (χ4v) is 17.0. The summed E-state index contributed by atoms with van der Waals surface area (Å²) >= 11 is 0. The van der Waals surface area contributed by atoms with E-state index in [9.17, 15) is 8.22 Å². The molecule has 19 rings (SSSR count). The molecule has 3 aromatic heterocycles. The van der Waals surface area contributed by atoms with Gasteiger partial charge in [0.2, 0.25) is 0 Å². The molecule has 0 aliphatic carbocycles. The summed E-state index contributed by atoms with van der Waals surface area (Å²) in [6.07, 6.45) is 0. The highest BCUT2D eigenvalue weighted by molar-refractivity contribution is 7.00. The number of anilines is 6. The molecule has 0 amide bonds. The van der Waals surface area contributed by atoms with Crippen LogP contribution in [0.3, 0.4) is 0 Å². The van der Waals surface area contributed by atoms with Crippen LogP contribution in [0.4, 0.5) is 34.1 Å². The van der Waals surface area contributed by atoms with Gasteiger partial charge in [-0.25, -0.2) is 0 Å². The minimum Gasteiger partial charge on any atom is -0.311 e. The molecule has 2 aliphatic heterocycles. The van der Waals surface area contributed by atoms with Crippen LogP contribution in [-0.4, -0.2) is 20.4 Å². The standard InChI is InChI=1S/C100H86BN5/c1-97(2,3)67-45-51-86-79(55-67)80-56-68(98(4,5)6)46-52-87(80)104(86)72-47-49-81-88(61-72)105(91-54-66(63-31-17-13-18-32-63)53-90-94(91)76-41-27-30-44-85(76)102(90)71-37-23-16-24-38-71)92-59-70(100(10,11)12)60-93-95(92)101(81)82-50-48-73(103-83-42-28-25-39-74(83)75-40-26-29-43-84(75)103)62-89(82)106(93)96-77(64-33-19-14-20-34-64)57-69(99(7,8)9)58-78(96)65-35-21-15-22-36-65/h13-62H,1-12H3/i25D,26D,28D,29D,39D,40D,42D,43D. The Bertz CT molecular complexity index is 6730. The van der Waals surface area contributed by atoms with Crippen molar-refractivity contribution < 1.29 is 11.0 Å². The fourth-order valence-electron chi connectivity index (χ4n) is 17.0. The number of hydrogen-bond donors (Lipinski definition) is 0. The fraction of sp³-hybridized carbons (Fsp3) is 0.160. The molecule has 0 N–H and O–H groups in total. The third-order valence-corrected chi connectivity index (χ3v) is 22.4. The number of nitrogens with zero attached hydrogens (tertiary/aromatic N) is 5. The molecule has 0 unspecified atom stereocenters. The van der Waals surface area contributed by atoms with Gasteiger partial charge in [0.05, 0.1) is 55.4 Å². The Hall–Kier alpha value is -11.9. The van der Waals surface area contributed by atoms with Crippen LogP contribution in [0.1, 0.15) is 116 Å². The Morgan fingerprint density at radius 3 is 1.22 bits per heavy atom. The van der Waals surface area contributed by atoms with Crippen LogP contribution in [0.2, 0.25) is 0 Å². The van der Waals surface area contributed by atoms with E-state index in [-0.39, 0.29) is 50.1 Å². The van der Waals surface area contributed by atoms with Gasteiger partial charge in [0.15, 0.2) is 0 Å². The molecular formula is C100H86BN5.